The minimum absolute atomic E-state index is 0.207. The van der Waals surface area contributed by atoms with Gasteiger partial charge in [0.05, 0.1) is 0 Å². The van der Waals surface area contributed by atoms with Gasteiger partial charge >= 0.3 is 11.9 Å². The predicted molar refractivity (Wildman–Crippen MR) is 111 cm³/mol. The van der Waals surface area contributed by atoms with E-state index >= 15 is 0 Å². The molecule has 152 valence electrons. The van der Waals surface area contributed by atoms with Crippen molar-refractivity contribution in [3.8, 4) is 0 Å². The summed E-state index contributed by atoms with van der Waals surface area (Å²) in [5.74, 6) is -1.69. The summed E-state index contributed by atoms with van der Waals surface area (Å²) in [6, 6.07) is 0. The zero-order valence-corrected chi connectivity index (χ0v) is 17.6. The fourth-order valence-electron chi connectivity index (χ4n) is 3.27. The molecule has 0 amide bonds. The summed E-state index contributed by atoms with van der Waals surface area (Å²) in [6.45, 7) is 13.6. The number of carbonyl (C=O) groups is 2. The molecule has 0 rings (SSSR count). The lowest BCUT2D eigenvalue weighted by atomic mass is 9.62. The first kappa shape index (κ1) is 24.9. The van der Waals surface area contributed by atoms with Gasteiger partial charge in [0.2, 0.25) is 0 Å². The fraction of sp³-hybridized carbons (Fsp3) is 0.545. The molecule has 0 aliphatic carbocycles. The van der Waals surface area contributed by atoms with Crippen LogP contribution in [0.25, 0.3) is 0 Å². The number of aliphatic carboxylic acids is 1. The zero-order chi connectivity index (χ0) is 20.9. The summed E-state index contributed by atoms with van der Waals surface area (Å²) in [4.78, 5) is 27.8. The Hall–Kier alpha value is -2.14. The van der Waals surface area contributed by atoms with Gasteiger partial charge in [-0.15, -0.1) is 0 Å². The minimum atomic E-state index is -1.58. The molecule has 0 aromatic rings. The number of carboxylic acid groups (broad SMARTS) is 1. The number of allylic oxidation sites excluding steroid dienone is 4. The van der Waals surface area contributed by atoms with Crippen LogP contribution in [0.3, 0.4) is 0 Å². The van der Waals surface area contributed by atoms with Crippen LogP contribution in [0, 0.1) is 10.8 Å². The van der Waals surface area contributed by atoms with Crippen LogP contribution in [0.5, 0.6) is 0 Å². The summed E-state index contributed by atoms with van der Waals surface area (Å²) in [5, 5.41) is 10.1. The average Bonchev–Trinajstić information content (AvgIpc) is 2.64. The number of esters is 1. The van der Waals surface area contributed by atoms with Crippen LogP contribution < -0.4 is 0 Å². The highest BCUT2D eigenvalue weighted by molar-refractivity contribution is 5.94. The second-order valence-electron chi connectivity index (χ2n) is 6.21. The Balaban J connectivity index is 6.24. The molecule has 0 aromatic carbocycles. The molecule has 0 aliphatic heterocycles. The van der Waals surface area contributed by atoms with E-state index in [1.807, 2.05) is 13.8 Å². The quantitative estimate of drug-likeness (QED) is 0.407. The van der Waals surface area contributed by atoms with Crippen molar-refractivity contribution in [3.05, 3.63) is 48.6 Å². The molecule has 0 fully saturated rings. The molecule has 0 spiro atoms. The van der Waals surface area contributed by atoms with Crippen LogP contribution in [-0.4, -0.2) is 48.2 Å². The van der Waals surface area contributed by atoms with Gasteiger partial charge in [-0.1, -0.05) is 62.5 Å². The van der Waals surface area contributed by atoms with E-state index in [9.17, 15) is 14.7 Å². The van der Waals surface area contributed by atoms with Crippen LogP contribution in [-0.2, 0) is 14.3 Å². The number of carbonyl (C=O) groups excluding carboxylic acids is 1. The topological polar surface area (TPSA) is 66.8 Å². The van der Waals surface area contributed by atoms with Crippen molar-refractivity contribution in [3.63, 3.8) is 0 Å². The number of hydrogen-bond donors (Lipinski definition) is 1. The molecule has 0 saturated heterocycles. The van der Waals surface area contributed by atoms with Gasteiger partial charge in [0.1, 0.15) is 17.4 Å². The third-order valence-corrected chi connectivity index (χ3v) is 4.63. The Bertz CT molecular complexity index is 559. The number of ether oxygens (including phenoxy) is 1. The molecular formula is C22H35NO4. The van der Waals surface area contributed by atoms with Crippen molar-refractivity contribution >= 4 is 11.9 Å². The lowest BCUT2D eigenvalue weighted by Gasteiger charge is -2.39. The number of carboxylic acids is 1. The van der Waals surface area contributed by atoms with Gasteiger partial charge in [-0.2, -0.15) is 0 Å². The lowest BCUT2D eigenvalue weighted by Crippen LogP contribution is -2.49. The number of nitrogens with zero attached hydrogens (tertiary/aromatic N) is 1. The first-order valence-corrected chi connectivity index (χ1v) is 9.53. The van der Waals surface area contributed by atoms with Crippen LogP contribution >= 0.6 is 0 Å². The van der Waals surface area contributed by atoms with Gasteiger partial charge in [0, 0.05) is 6.54 Å². The highest BCUT2D eigenvalue weighted by Crippen LogP contribution is 2.47. The van der Waals surface area contributed by atoms with E-state index in [-0.39, 0.29) is 6.61 Å². The van der Waals surface area contributed by atoms with E-state index < -0.39 is 22.8 Å². The van der Waals surface area contributed by atoms with Crippen LogP contribution in [0.1, 0.15) is 41.5 Å². The third-order valence-electron chi connectivity index (χ3n) is 4.63. The van der Waals surface area contributed by atoms with E-state index in [1.54, 1.807) is 76.3 Å². The first-order chi connectivity index (χ1) is 12.8. The lowest BCUT2D eigenvalue weighted by molar-refractivity contribution is -0.163. The molecule has 0 bridgehead atoms. The Morgan fingerprint density at radius 1 is 0.852 bits per heavy atom. The second-order valence-corrected chi connectivity index (χ2v) is 6.21. The predicted octanol–water partition coefficient (Wildman–Crippen LogP) is 4.23. The molecule has 0 unspecified atom stereocenters. The smallest absolute Gasteiger partial charge is 0.321 e. The molecule has 27 heavy (non-hydrogen) atoms. The summed E-state index contributed by atoms with van der Waals surface area (Å²) < 4.78 is 5.58. The van der Waals surface area contributed by atoms with Crippen molar-refractivity contribution in [2.24, 2.45) is 10.8 Å². The largest absolute Gasteiger partial charge is 0.480 e. The van der Waals surface area contributed by atoms with Gasteiger partial charge in [-0.05, 0) is 40.8 Å². The van der Waals surface area contributed by atoms with Crippen molar-refractivity contribution in [2.75, 3.05) is 26.2 Å². The summed E-state index contributed by atoms with van der Waals surface area (Å²) in [7, 11) is 0. The average molecular weight is 378 g/mol. The highest BCUT2D eigenvalue weighted by Gasteiger charge is 2.56. The van der Waals surface area contributed by atoms with Gasteiger partial charge in [0.25, 0.3) is 0 Å². The zero-order valence-electron chi connectivity index (χ0n) is 17.6. The first-order valence-electron chi connectivity index (χ1n) is 9.53. The Labute approximate surface area is 164 Å². The fourth-order valence-corrected chi connectivity index (χ4v) is 3.27. The monoisotopic (exact) mass is 377 g/mol. The molecule has 5 nitrogen and oxygen atoms in total. The van der Waals surface area contributed by atoms with Gasteiger partial charge in [-0.3, -0.25) is 9.59 Å². The van der Waals surface area contributed by atoms with Crippen molar-refractivity contribution in [1.82, 2.24) is 4.90 Å². The maximum atomic E-state index is 13.2. The van der Waals surface area contributed by atoms with Gasteiger partial charge in [0.15, 0.2) is 0 Å². The van der Waals surface area contributed by atoms with Crippen molar-refractivity contribution < 1.29 is 19.4 Å². The van der Waals surface area contributed by atoms with Crippen molar-refractivity contribution in [2.45, 2.75) is 41.5 Å². The third kappa shape index (κ3) is 5.67. The maximum absolute atomic E-state index is 13.2. The second kappa shape index (κ2) is 12.3. The highest BCUT2D eigenvalue weighted by atomic mass is 16.5. The maximum Gasteiger partial charge on any atom is 0.321 e. The molecular weight excluding hydrogens is 342 g/mol. The SMILES string of the molecule is C/C=C/C(/C=C/C)(C(=O)O)C(/C=C/C)(/C=C/C)C(=O)OCCN(CC)CC. The number of rotatable bonds is 12. The van der Waals surface area contributed by atoms with Gasteiger partial charge < -0.3 is 14.7 Å². The minimum Gasteiger partial charge on any atom is -0.480 e. The molecule has 5 heteroatoms. The van der Waals surface area contributed by atoms with E-state index in [0.29, 0.717) is 6.54 Å². The Kier molecular flexibility index (Phi) is 11.3. The molecule has 0 saturated carbocycles. The Morgan fingerprint density at radius 3 is 1.59 bits per heavy atom. The molecule has 1 N–H and O–H groups in total. The standard InChI is InChI=1S/C22H35NO4/c1-7-13-21(14-8-2,19(24)25)22(15-9-3,16-10-4)20(26)27-18-17-23(11-5)12-6/h7-10,13-16H,11-12,17-18H2,1-6H3,(H,24,25)/b13-7+,14-8+,15-9+,16-10+. The van der Waals surface area contributed by atoms with E-state index in [4.69, 9.17) is 4.74 Å². The van der Waals surface area contributed by atoms with Crippen LogP contribution in [0.15, 0.2) is 48.6 Å². The number of likely N-dealkylation sites (N-methyl/N-ethyl adjacent to an activating group) is 1. The molecule has 0 radical (unpaired) electrons. The summed E-state index contributed by atoms with van der Waals surface area (Å²) in [6.07, 6.45) is 13.0. The number of hydrogen-bond acceptors (Lipinski definition) is 4. The van der Waals surface area contributed by atoms with Crippen LogP contribution in [0.2, 0.25) is 0 Å². The van der Waals surface area contributed by atoms with Gasteiger partial charge in [-0.25, -0.2) is 0 Å². The molecule has 0 heterocycles. The summed E-state index contributed by atoms with van der Waals surface area (Å²) >= 11 is 0. The normalized spacial score (nSPS) is 13.6. The molecule has 0 atom stereocenters. The van der Waals surface area contributed by atoms with Crippen molar-refractivity contribution in [1.29, 1.82) is 0 Å². The molecule has 0 aromatic heterocycles. The van der Waals surface area contributed by atoms with E-state index in [0.717, 1.165) is 13.1 Å². The Morgan fingerprint density at radius 2 is 1.26 bits per heavy atom. The van der Waals surface area contributed by atoms with E-state index in [1.165, 1.54) is 0 Å². The molecule has 0 aliphatic rings. The van der Waals surface area contributed by atoms with E-state index in [2.05, 4.69) is 4.90 Å². The summed E-state index contributed by atoms with van der Waals surface area (Å²) in [5.41, 5.74) is -3.06. The van der Waals surface area contributed by atoms with Crippen LogP contribution in [0.4, 0.5) is 0 Å².